The molecular weight excluding hydrogens is 462 g/mol. The number of piperidine rings is 1. The van der Waals surface area contributed by atoms with Crippen LogP contribution < -0.4 is 14.4 Å². The van der Waals surface area contributed by atoms with Crippen LogP contribution in [0.4, 0.5) is 5.69 Å². The van der Waals surface area contributed by atoms with Crippen molar-refractivity contribution in [1.29, 1.82) is 0 Å². The third-order valence-electron chi connectivity index (χ3n) is 5.82. The first-order chi connectivity index (χ1) is 15.7. The second-order valence-corrected chi connectivity index (χ2v) is 10.7. The lowest BCUT2D eigenvalue weighted by Gasteiger charge is -2.28. The predicted molar refractivity (Wildman–Crippen MR) is 132 cm³/mol. The minimum atomic E-state index is -3.73. The van der Waals surface area contributed by atoms with Crippen molar-refractivity contribution in [3.63, 3.8) is 0 Å². The first-order valence-electron chi connectivity index (χ1n) is 11.1. The van der Waals surface area contributed by atoms with E-state index in [9.17, 15) is 13.2 Å². The molecule has 0 unspecified atom stereocenters. The largest absolute Gasteiger partial charge is 0.495 e. The number of methoxy groups -OCH3 is 1. The summed E-state index contributed by atoms with van der Waals surface area (Å²) >= 11 is 6.17. The van der Waals surface area contributed by atoms with Crippen LogP contribution in [0.1, 0.15) is 37.3 Å². The highest BCUT2D eigenvalue weighted by atomic mass is 35.5. The monoisotopic (exact) mass is 493 g/mol. The fraction of sp³-hybridized carbons (Fsp3) is 0.458. The topological polar surface area (TPSA) is 79.0 Å². The molecule has 1 atom stereocenters. The van der Waals surface area contributed by atoms with Gasteiger partial charge in [-0.1, -0.05) is 42.3 Å². The number of hydrogen-bond donors (Lipinski definition) is 1. The molecule has 2 aromatic rings. The third kappa shape index (κ3) is 6.85. The van der Waals surface area contributed by atoms with Crippen LogP contribution in [-0.4, -0.2) is 51.7 Å². The van der Waals surface area contributed by atoms with Crippen LogP contribution in [0.15, 0.2) is 42.5 Å². The summed E-state index contributed by atoms with van der Waals surface area (Å²) in [6, 6.07) is 11.8. The van der Waals surface area contributed by atoms with Crippen LogP contribution in [0, 0.1) is 0 Å². The standard InChI is InChI=1S/C24H32ClN3O4S/c1-18(28(33(3,30)31)21-11-12-23(32-2)22(25)15-21)24(29)26-16-19-7-9-20(10-8-19)17-27-13-5-4-6-14-27/h7-12,15,18H,4-6,13-14,16-17H2,1-3H3,(H,26,29)/t18-/m0/s1. The Morgan fingerprint density at radius 1 is 1.12 bits per heavy atom. The molecule has 180 valence electrons. The number of likely N-dealkylation sites (tertiary alicyclic amines) is 1. The predicted octanol–water partition coefficient (Wildman–Crippen LogP) is 3.81. The van der Waals surface area contributed by atoms with Crippen LogP contribution in [0.25, 0.3) is 0 Å². The van der Waals surface area contributed by atoms with Gasteiger partial charge < -0.3 is 10.1 Å². The van der Waals surface area contributed by atoms with Crippen molar-refractivity contribution in [1.82, 2.24) is 10.2 Å². The number of sulfonamides is 1. The van der Waals surface area contributed by atoms with Crippen molar-refractivity contribution in [2.24, 2.45) is 0 Å². The Morgan fingerprint density at radius 3 is 2.33 bits per heavy atom. The maximum Gasteiger partial charge on any atom is 0.243 e. The van der Waals surface area contributed by atoms with Crippen molar-refractivity contribution in [2.75, 3.05) is 30.8 Å². The van der Waals surface area contributed by atoms with E-state index in [4.69, 9.17) is 16.3 Å². The van der Waals surface area contributed by atoms with E-state index in [0.29, 0.717) is 18.0 Å². The van der Waals surface area contributed by atoms with E-state index in [2.05, 4.69) is 22.3 Å². The number of nitrogens with one attached hydrogen (secondary N) is 1. The van der Waals surface area contributed by atoms with Gasteiger partial charge in [0.15, 0.2) is 0 Å². The van der Waals surface area contributed by atoms with Gasteiger partial charge in [-0.05, 0) is 62.2 Å². The van der Waals surface area contributed by atoms with Gasteiger partial charge in [-0.2, -0.15) is 0 Å². The van der Waals surface area contributed by atoms with Gasteiger partial charge in [-0.25, -0.2) is 8.42 Å². The summed E-state index contributed by atoms with van der Waals surface area (Å²) in [6.07, 6.45) is 4.90. The molecule has 1 fully saturated rings. The summed E-state index contributed by atoms with van der Waals surface area (Å²) in [6.45, 7) is 5.10. The van der Waals surface area contributed by atoms with Gasteiger partial charge in [-0.3, -0.25) is 14.0 Å². The lowest BCUT2D eigenvalue weighted by Crippen LogP contribution is -2.47. The van der Waals surface area contributed by atoms with E-state index >= 15 is 0 Å². The number of hydrogen-bond acceptors (Lipinski definition) is 5. The number of ether oxygens (including phenoxy) is 1. The van der Waals surface area contributed by atoms with Gasteiger partial charge in [0, 0.05) is 13.1 Å². The zero-order valence-electron chi connectivity index (χ0n) is 19.4. The molecule has 3 rings (SSSR count). The molecule has 1 aliphatic heterocycles. The Hall–Kier alpha value is -2.29. The molecule has 1 heterocycles. The van der Waals surface area contributed by atoms with E-state index in [0.717, 1.165) is 35.8 Å². The molecule has 0 aliphatic carbocycles. The molecule has 0 aromatic heterocycles. The summed E-state index contributed by atoms with van der Waals surface area (Å²) in [5.41, 5.74) is 2.50. The minimum Gasteiger partial charge on any atom is -0.495 e. The molecule has 1 aliphatic rings. The van der Waals surface area contributed by atoms with Gasteiger partial charge in [0.2, 0.25) is 15.9 Å². The lowest BCUT2D eigenvalue weighted by molar-refractivity contribution is -0.122. The maximum absolute atomic E-state index is 12.8. The molecule has 9 heteroatoms. The maximum atomic E-state index is 12.8. The van der Waals surface area contributed by atoms with Crippen molar-refractivity contribution in [3.8, 4) is 5.75 Å². The second kappa shape index (κ2) is 11.2. The van der Waals surface area contributed by atoms with Crippen molar-refractivity contribution in [2.45, 2.75) is 45.3 Å². The Morgan fingerprint density at radius 2 is 1.76 bits per heavy atom. The van der Waals surface area contributed by atoms with Crippen molar-refractivity contribution < 1.29 is 17.9 Å². The van der Waals surface area contributed by atoms with E-state index in [1.807, 2.05) is 12.1 Å². The Labute approximate surface area is 201 Å². The number of carbonyl (C=O) groups excluding carboxylic acids is 1. The van der Waals surface area contributed by atoms with Crippen LogP contribution in [0.3, 0.4) is 0 Å². The highest BCUT2D eigenvalue weighted by Crippen LogP contribution is 2.31. The summed E-state index contributed by atoms with van der Waals surface area (Å²) in [4.78, 5) is 15.3. The zero-order valence-corrected chi connectivity index (χ0v) is 21.0. The summed E-state index contributed by atoms with van der Waals surface area (Å²) in [5, 5.41) is 3.11. The van der Waals surface area contributed by atoms with E-state index in [1.165, 1.54) is 38.0 Å². The van der Waals surface area contributed by atoms with Crippen molar-refractivity contribution in [3.05, 3.63) is 58.6 Å². The fourth-order valence-electron chi connectivity index (χ4n) is 4.08. The molecule has 33 heavy (non-hydrogen) atoms. The summed E-state index contributed by atoms with van der Waals surface area (Å²) in [7, 11) is -2.26. The smallest absolute Gasteiger partial charge is 0.243 e. The molecule has 1 N–H and O–H groups in total. The third-order valence-corrected chi connectivity index (χ3v) is 7.36. The first kappa shape index (κ1) is 25.3. The molecule has 7 nitrogen and oxygen atoms in total. The Kier molecular flexibility index (Phi) is 8.62. The second-order valence-electron chi connectivity index (χ2n) is 8.42. The van der Waals surface area contributed by atoms with E-state index in [1.54, 1.807) is 19.1 Å². The number of amides is 1. The fourth-order valence-corrected chi connectivity index (χ4v) is 5.49. The normalized spacial score (nSPS) is 15.6. The van der Waals surface area contributed by atoms with Gasteiger partial charge in [-0.15, -0.1) is 0 Å². The number of rotatable bonds is 9. The molecule has 2 aromatic carbocycles. The number of halogens is 1. The molecule has 0 saturated carbocycles. The van der Waals surface area contributed by atoms with Crippen LogP contribution in [-0.2, 0) is 27.9 Å². The first-order valence-corrected chi connectivity index (χ1v) is 13.3. The van der Waals surface area contributed by atoms with Gasteiger partial charge in [0.25, 0.3) is 0 Å². The zero-order chi connectivity index (χ0) is 24.0. The molecule has 1 saturated heterocycles. The molecule has 0 bridgehead atoms. The lowest BCUT2D eigenvalue weighted by atomic mass is 10.1. The quantitative estimate of drug-likeness (QED) is 0.574. The molecular formula is C24H32ClN3O4S. The van der Waals surface area contributed by atoms with Gasteiger partial charge in [0.05, 0.1) is 24.1 Å². The SMILES string of the molecule is COc1ccc(N([C@@H](C)C(=O)NCc2ccc(CN3CCCCC3)cc2)S(C)(=O)=O)cc1Cl. The number of nitrogens with zero attached hydrogens (tertiary/aromatic N) is 2. The van der Waals surface area contributed by atoms with Gasteiger partial charge >= 0.3 is 0 Å². The Bertz CT molecular complexity index is 1050. The number of carbonyl (C=O) groups is 1. The summed E-state index contributed by atoms with van der Waals surface area (Å²) < 4.78 is 31.2. The van der Waals surface area contributed by atoms with Crippen LogP contribution >= 0.6 is 11.6 Å². The average Bonchev–Trinajstić information content (AvgIpc) is 2.78. The molecule has 1 amide bonds. The summed E-state index contributed by atoms with van der Waals surface area (Å²) in [5.74, 6) is 0.0273. The Balaban J connectivity index is 1.63. The minimum absolute atomic E-state index is 0.265. The molecule has 0 spiro atoms. The van der Waals surface area contributed by atoms with Gasteiger partial charge in [0.1, 0.15) is 11.8 Å². The van der Waals surface area contributed by atoms with Crippen molar-refractivity contribution >= 4 is 33.2 Å². The van der Waals surface area contributed by atoms with E-state index in [-0.39, 0.29) is 5.02 Å². The average molecular weight is 494 g/mol. The van der Waals surface area contributed by atoms with Crippen LogP contribution in [0.2, 0.25) is 5.02 Å². The number of anilines is 1. The van der Waals surface area contributed by atoms with Crippen LogP contribution in [0.5, 0.6) is 5.75 Å². The highest BCUT2D eigenvalue weighted by molar-refractivity contribution is 7.92. The molecule has 0 radical (unpaired) electrons. The van der Waals surface area contributed by atoms with E-state index < -0.39 is 22.0 Å². The highest BCUT2D eigenvalue weighted by Gasteiger charge is 2.29. The number of benzene rings is 2.